The van der Waals surface area contributed by atoms with E-state index in [1.54, 1.807) is 0 Å². The molecule has 0 aromatic rings. The SMILES string of the molecule is NCCCNCCCCNCCCNC(=O)CNN. The van der Waals surface area contributed by atoms with Gasteiger partial charge in [-0.25, -0.2) is 0 Å². The van der Waals surface area contributed by atoms with Gasteiger partial charge in [-0.1, -0.05) is 0 Å². The first kappa shape index (κ1) is 18.3. The summed E-state index contributed by atoms with van der Waals surface area (Å²) in [5, 5.41) is 9.48. The van der Waals surface area contributed by atoms with Crippen LogP contribution in [0.2, 0.25) is 0 Å². The number of rotatable bonds is 14. The molecule has 0 aliphatic carbocycles. The van der Waals surface area contributed by atoms with E-state index in [1.165, 1.54) is 12.8 Å². The van der Waals surface area contributed by atoms with E-state index in [-0.39, 0.29) is 12.5 Å². The zero-order valence-electron chi connectivity index (χ0n) is 11.8. The molecule has 7 nitrogen and oxygen atoms in total. The van der Waals surface area contributed by atoms with Crippen LogP contribution < -0.4 is 33.0 Å². The number of amides is 1. The van der Waals surface area contributed by atoms with Crippen molar-refractivity contribution in [3.05, 3.63) is 0 Å². The molecular weight excluding hydrogens is 244 g/mol. The second-order valence-corrected chi connectivity index (χ2v) is 4.43. The minimum atomic E-state index is -0.0638. The summed E-state index contributed by atoms with van der Waals surface area (Å²) >= 11 is 0. The molecule has 0 radical (unpaired) electrons. The molecule has 0 rings (SSSR count). The Bertz CT molecular complexity index is 203. The molecule has 0 saturated heterocycles. The van der Waals surface area contributed by atoms with Crippen LogP contribution in [0.4, 0.5) is 0 Å². The van der Waals surface area contributed by atoms with Gasteiger partial charge in [-0.15, -0.1) is 0 Å². The smallest absolute Gasteiger partial charge is 0.235 e. The van der Waals surface area contributed by atoms with Crippen molar-refractivity contribution in [2.45, 2.75) is 25.7 Å². The van der Waals surface area contributed by atoms with Crippen LogP contribution in [-0.2, 0) is 4.79 Å². The largest absolute Gasteiger partial charge is 0.355 e. The second kappa shape index (κ2) is 15.3. The second-order valence-electron chi connectivity index (χ2n) is 4.43. The number of unbranched alkanes of at least 4 members (excludes halogenated alkanes) is 1. The quantitative estimate of drug-likeness (QED) is 0.127. The van der Waals surface area contributed by atoms with Crippen molar-refractivity contribution in [2.24, 2.45) is 11.6 Å². The van der Waals surface area contributed by atoms with Crippen molar-refractivity contribution in [3.8, 4) is 0 Å². The van der Waals surface area contributed by atoms with Crippen LogP contribution in [0.3, 0.4) is 0 Å². The van der Waals surface area contributed by atoms with Crippen LogP contribution >= 0.6 is 0 Å². The third-order valence-electron chi connectivity index (χ3n) is 2.63. The molecule has 0 aliphatic rings. The number of carbonyl (C=O) groups excluding carboxylic acids is 1. The maximum atomic E-state index is 11.0. The fourth-order valence-corrected chi connectivity index (χ4v) is 1.57. The van der Waals surface area contributed by atoms with Gasteiger partial charge in [0.05, 0.1) is 6.54 Å². The lowest BCUT2D eigenvalue weighted by molar-refractivity contribution is -0.120. The average Bonchev–Trinajstić information content (AvgIpc) is 2.40. The molecular formula is C12H30N6O. The Morgan fingerprint density at radius 1 is 0.842 bits per heavy atom. The fraction of sp³-hybridized carbons (Fsp3) is 0.917. The zero-order valence-corrected chi connectivity index (χ0v) is 11.8. The highest BCUT2D eigenvalue weighted by Gasteiger charge is 1.96. The van der Waals surface area contributed by atoms with Gasteiger partial charge in [0, 0.05) is 6.54 Å². The van der Waals surface area contributed by atoms with Gasteiger partial charge in [-0.05, 0) is 58.4 Å². The minimum Gasteiger partial charge on any atom is -0.355 e. The Kier molecular flexibility index (Phi) is 14.7. The van der Waals surface area contributed by atoms with Gasteiger partial charge in [0.25, 0.3) is 0 Å². The van der Waals surface area contributed by atoms with E-state index in [0.717, 1.165) is 45.6 Å². The monoisotopic (exact) mass is 274 g/mol. The van der Waals surface area contributed by atoms with Gasteiger partial charge in [-0.3, -0.25) is 16.1 Å². The summed E-state index contributed by atoms with van der Waals surface area (Å²) in [5.41, 5.74) is 7.72. The van der Waals surface area contributed by atoms with Crippen LogP contribution in [0.25, 0.3) is 0 Å². The fourth-order valence-electron chi connectivity index (χ4n) is 1.57. The van der Waals surface area contributed by atoms with Gasteiger partial charge < -0.3 is 21.7 Å². The van der Waals surface area contributed by atoms with Crippen LogP contribution in [0.1, 0.15) is 25.7 Å². The summed E-state index contributed by atoms with van der Waals surface area (Å²) in [6, 6.07) is 0. The number of hydrazine groups is 1. The predicted octanol–water partition coefficient (Wildman–Crippen LogP) is -1.74. The van der Waals surface area contributed by atoms with Crippen LogP contribution in [0.5, 0.6) is 0 Å². The molecule has 0 aromatic heterocycles. The molecule has 0 aromatic carbocycles. The van der Waals surface area contributed by atoms with Crippen molar-refractivity contribution in [1.29, 1.82) is 0 Å². The molecule has 1 amide bonds. The highest BCUT2D eigenvalue weighted by atomic mass is 16.1. The van der Waals surface area contributed by atoms with Gasteiger partial charge in [-0.2, -0.15) is 0 Å². The Balaban J connectivity index is 3.01. The summed E-state index contributed by atoms with van der Waals surface area (Å²) in [7, 11) is 0. The first-order valence-corrected chi connectivity index (χ1v) is 7.13. The third-order valence-corrected chi connectivity index (χ3v) is 2.63. The van der Waals surface area contributed by atoms with Gasteiger partial charge in [0.2, 0.25) is 5.91 Å². The van der Waals surface area contributed by atoms with Gasteiger partial charge in [0.15, 0.2) is 0 Å². The summed E-state index contributed by atoms with van der Waals surface area (Å²) < 4.78 is 0. The zero-order chi connectivity index (χ0) is 14.2. The maximum absolute atomic E-state index is 11.0. The molecule has 0 aliphatic heterocycles. The molecule has 0 heterocycles. The van der Waals surface area contributed by atoms with Crippen molar-refractivity contribution in [1.82, 2.24) is 21.4 Å². The van der Waals surface area contributed by atoms with E-state index in [1.807, 2.05) is 0 Å². The first-order chi connectivity index (χ1) is 9.31. The highest BCUT2D eigenvalue weighted by Crippen LogP contribution is 1.85. The molecule has 114 valence electrons. The highest BCUT2D eigenvalue weighted by molar-refractivity contribution is 5.77. The molecule has 0 bridgehead atoms. The summed E-state index contributed by atoms with van der Waals surface area (Å²) in [4.78, 5) is 11.0. The van der Waals surface area contributed by atoms with E-state index < -0.39 is 0 Å². The van der Waals surface area contributed by atoms with Crippen LogP contribution in [0, 0.1) is 0 Å². The first-order valence-electron chi connectivity index (χ1n) is 7.13. The number of hydrogen-bond donors (Lipinski definition) is 6. The lowest BCUT2D eigenvalue weighted by Gasteiger charge is -2.07. The Morgan fingerprint density at radius 3 is 2.00 bits per heavy atom. The van der Waals surface area contributed by atoms with Crippen molar-refractivity contribution in [2.75, 3.05) is 45.8 Å². The van der Waals surface area contributed by atoms with Crippen LogP contribution in [0.15, 0.2) is 0 Å². The number of hydrogen-bond acceptors (Lipinski definition) is 6. The standard InChI is InChI=1S/C12H30N6O/c13-5-3-8-15-6-1-2-7-16-9-4-10-17-12(19)11-18-14/h15-16,18H,1-11,13-14H2,(H,17,19). The number of carbonyl (C=O) groups is 1. The minimum absolute atomic E-state index is 0.0638. The Morgan fingerprint density at radius 2 is 1.42 bits per heavy atom. The summed E-state index contributed by atoms with van der Waals surface area (Å²) in [6.07, 6.45) is 4.32. The van der Waals surface area contributed by atoms with Crippen LogP contribution in [-0.4, -0.2) is 51.7 Å². The number of nitrogens with one attached hydrogen (secondary N) is 4. The molecule has 0 unspecified atom stereocenters. The maximum Gasteiger partial charge on any atom is 0.235 e. The van der Waals surface area contributed by atoms with E-state index in [4.69, 9.17) is 11.6 Å². The molecule has 7 heteroatoms. The summed E-state index contributed by atoms with van der Waals surface area (Å²) in [5.74, 6) is 4.97. The number of nitrogens with two attached hydrogens (primary N) is 2. The average molecular weight is 274 g/mol. The normalized spacial score (nSPS) is 10.6. The molecule has 0 saturated carbocycles. The van der Waals surface area contributed by atoms with E-state index in [2.05, 4.69) is 21.4 Å². The third kappa shape index (κ3) is 15.2. The van der Waals surface area contributed by atoms with Gasteiger partial charge >= 0.3 is 0 Å². The van der Waals surface area contributed by atoms with Crippen molar-refractivity contribution in [3.63, 3.8) is 0 Å². The Labute approximate surface area is 116 Å². The Hall–Kier alpha value is -0.730. The molecule has 19 heavy (non-hydrogen) atoms. The lowest BCUT2D eigenvalue weighted by Crippen LogP contribution is -2.38. The molecule has 0 fully saturated rings. The van der Waals surface area contributed by atoms with E-state index in [9.17, 15) is 4.79 Å². The van der Waals surface area contributed by atoms with Crippen molar-refractivity contribution < 1.29 is 4.79 Å². The van der Waals surface area contributed by atoms with Crippen molar-refractivity contribution >= 4 is 5.91 Å². The van der Waals surface area contributed by atoms with E-state index >= 15 is 0 Å². The van der Waals surface area contributed by atoms with E-state index in [0.29, 0.717) is 6.54 Å². The topological polar surface area (TPSA) is 117 Å². The molecule has 8 N–H and O–H groups in total. The lowest BCUT2D eigenvalue weighted by atomic mass is 10.3. The molecule has 0 atom stereocenters. The predicted molar refractivity (Wildman–Crippen MR) is 78.5 cm³/mol. The summed E-state index contributed by atoms with van der Waals surface area (Å²) in [6.45, 7) is 5.64. The molecule has 0 spiro atoms. The van der Waals surface area contributed by atoms with Gasteiger partial charge in [0.1, 0.15) is 0 Å².